The molecule has 1 aromatic carbocycles. The molecular formula is C12H13FN2O. The van der Waals surface area contributed by atoms with E-state index in [1.807, 2.05) is 6.07 Å². The zero-order valence-corrected chi connectivity index (χ0v) is 8.97. The van der Waals surface area contributed by atoms with Crippen LogP contribution in [0.3, 0.4) is 0 Å². The summed E-state index contributed by atoms with van der Waals surface area (Å²) in [5.74, 6) is -0.250. The highest BCUT2D eigenvalue weighted by Crippen LogP contribution is 2.11. The first-order chi connectivity index (χ1) is 7.65. The van der Waals surface area contributed by atoms with E-state index in [0.29, 0.717) is 6.54 Å². The number of aromatic nitrogens is 2. The molecule has 0 bridgehead atoms. The Kier molecular flexibility index (Phi) is 3.01. The predicted octanol–water partition coefficient (Wildman–Crippen LogP) is 2.12. The van der Waals surface area contributed by atoms with Crippen LogP contribution in [0.25, 0.3) is 0 Å². The summed E-state index contributed by atoms with van der Waals surface area (Å²) in [5.41, 5.74) is 1.61. The predicted molar refractivity (Wildman–Crippen MR) is 58.4 cm³/mol. The number of aliphatic hydroxyl groups excluding tert-OH is 1. The molecule has 0 spiro atoms. The van der Waals surface area contributed by atoms with Crippen molar-refractivity contribution >= 4 is 0 Å². The number of hydrogen-bond donors (Lipinski definition) is 1. The van der Waals surface area contributed by atoms with Crippen LogP contribution in [0.4, 0.5) is 4.39 Å². The lowest BCUT2D eigenvalue weighted by atomic mass is 10.2. The highest BCUT2D eigenvalue weighted by Gasteiger charge is 2.04. The SMILES string of the molecule is CC(O)c1cnn(Cc2cccc(F)c2)c1. The van der Waals surface area contributed by atoms with Gasteiger partial charge in [-0.05, 0) is 24.6 Å². The van der Waals surface area contributed by atoms with Crippen molar-refractivity contribution in [2.75, 3.05) is 0 Å². The maximum absolute atomic E-state index is 12.9. The fourth-order valence-corrected chi connectivity index (χ4v) is 1.50. The highest BCUT2D eigenvalue weighted by atomic mass is 19.1. The van der Waals surface area contributed by atoms with Crippen LogP contribution in [0.15, 0.2) is 36.7 Å². The zero-order chi connectivity index (χ0) is 11.5. The van der Waals surface area contributed by atoms with Crippen LogP contribution in [0.5, 0.6) is 0 Å². The molecule has 0 amide bonds. The molecule has 0 aliphatic carbocycles. The normalized spacial score (nSPS) is 12.7. The van der Waals surface area contributed by atoms with Crippen LogP contribution in [-0.4, -0.2) is 14.9 Å². The second-order valence-electron chi connectivity index (χ2n) is 3.78. The van der Waals surface area contributed by atoms with Crippen LogP contribution in [0.1, 0.15) is 24.2 Å². The maximum Gasteiger partial charge on any atom is 0.123 e. The third-order valence-corrected chi connectivity index (χ3v) is 2.37. The number of aliphatic hydroxyl groups is 1. The molecule has 3 nitrogen and oxygen atoms in total. The minimum atomic E-state index is -0.527. The Morgan fingerprint density at radius 1 is 1.50 bits per heavy atom. The minimum absolute atomic E-state index is 0.250. The lowest BCUT2D eigenvalue weighted by molar-refractivity contribution is 0.199. The smallest absolute Gasteiger partial charge is 0.123 e. The van der Waals surface area contributed by atoms with Gasteiger partial charge in [0.25, 0.3) is 0 Å². The van der Waals surface area contributed by atoms with Gasteiger partial charge in [-0.3, -0.25) is 4.68 Å². The monoisotopic (exact) mass is 220 g/mol. The molecule has 1 N–H and O–H groups in total. The molecular weight excluding hydrogens is 207 g/mol. The average Bonchev–Trinajstić information content (AvgIpc) is 2.66. The van der Waals surface area contributed by atoms with Crippen molar-refractivity contribution in [1.29, 1.82) is 0 Å². The molecule has 84 valence electrons. The molecule has 0 radical (unpaired) electrons. The standard InChI is InChI=1S/C12H13FN2O/c1-9(16)11-6-14-15(8-11)7-10-3-2-4-12(13)5-10/h2-6,8-9,16H,7H2,1H3. The molecule has 0 saturated heterocycles. The molecule has 0 aliphatic rings. The van der Waals surface area contributed by atoms with Crippen molar-refractivity contribution in [3.05, 3.63) is 53.6 Å². The molecule has 1 unspecified atom stereocenters. The summed E-state index contributed by atoms with van der Waals surface area (Å²) in [7, 11) is 0. The van der Waals surface area contributed by atoms with Gasteiger partial charge in [0.2, 0.25) is 0 Å². The van der Waals surface area contributed by atoms with E-state index in [1.54, 1.807) is 30.1 Å². The second kappa shape index (κ2) is 4.45. The van der Waals surface area contributed by atoms with Gasteiger partial charge in [0.1, 0.15) is 5.82 Å². The summed E-state index contributed by atoms with van der Waals surface area (Å²) >= 11 is 0. The molecule has 1 atom stereocenters. The Morgan fingerprint density at radius 3 is 2.94 bits per heavy atom. The number of benzene rings is 1. The van der Waals surface area contributed by atoms with Gasteiger partial charge in [0.05, 0.1) is 18.8 Å². The van der Waals surface area contributed by atoms with Crippen LogP contribution < -0.4 is 0 Å². The quantitative estimate of drug-likeness (QED) is 0.860. The van der Waals surface area contributed by atoms with Crippen molar-refractivity contribution < 1.29 is 9.50 Å². The van der Waals surface area contributed by atoms with Gasteiger partial charge < -0.3 is 5.11 Å². The Balaban J connectivity index is 2.14. The minimum Gasteiger partial charge on any atom is -0.389 e. The topological polar surface area (TPSA) is 38.1 Å². The van der Waals surface area contributed by atoms with E-state index in [1.165, 1.54) is 12.1 Å². The van der Waals surface area contributed by atoms with Crippen molar-refractivity contribution in [3.63, 3.8) is 0 Å². The summed E-state index contributed by atoms with van der Waals surface area (Å²) in [5, 5.41) is 13.4. The fourth-order valence-electron chi connectivity index (χ4n) is 1.50. The Bertz CT molecular complexity index is 479. The molecule has 4 heteroatoms. The molecule has 1 heterocycles. The first kappa shape index (κ1) is 10.8. The van der Waals surface area contributed by atoms with E-state index >= 15 is 0 Å². The van der Waals surface area contributed by atoms with Gasteiger partial charge in [0, 0.05) is 11.8 Å². The van der Waals surface area contributed by atoms with E-state index in [0.717, 1.165) is 11.1 Å². The van der Waals surface area contributed by atoms with Crippen LogP contribution in [0.2, 0.25) is 0 Å². The van der Waals surface area contributed by atoms with E-state index in [2.05, 4.69) is 5.10 Å². The van der Waals surface area contributed by atoms with Gasteiger partial charge >= 0.3 is 0 Å². The fraction of sp³-hybridized carbons (Fsp3) is 0.250. The highest BCUT2D eigenvalue weighted by molar-refractivity contribution is 5.17. The molecule has 0 saturated carbocycles. The lowest BCUT2D eigenvalue weighted by Gasteiger charge is -2.02. The van der Waals surface area contributed by atoms with Gasteiger partial charge in [-0.25, -0.2) is 4.39 Å². The van der Waals surface area contributed by atoms with Crippen LogP contribution in [0, 0.1) is 5.82 Å². The average molecular weight is 220 g/mol. The summed E-state index contributed by atoms with van der Waals surface area (Å²) in [4.78, 5) is 0. The summed E-state index contributed by atoms with van der Waals surface area (Å²) < 4.78 is 14.6. The molecule has 1 aromatic heterocycles. The van der Waals surface area contributed by atoms with Gasteiger partial charge in [-0.2, -0.15) is 5.10 Å². The summed E-state index contributed by atoms with van der Waals surface area (Å²) in [6.45, 7) is 2.19. The zero-order valence-electron chi connectivity index (χ0n) is 8.97. The van der Waals surface area contributed by atoms with Gasteiger partial charge in [-0.1, -0.05) is 12.1 Å². The third kappa shape index (κ3) is 2.46. The molecule has 0 aliphatic heterocycles. The van der Waals surface area contributed by atoms with E-state index in [9.17, 15) is 9.50 Å². The molecule has 2 rings (SSSR count). The van der Waals surface area contributed by atoms with Gasteiger partial charge in [-0.15, -0.1) is 0 Å². The van der Waals surface area contributed by atoms with E-state index in [4.69, 9.17) is 0 Å². The molecule has 0 fully saturated rings. The van der Waals surface area contributed by atoms with Crippen molar-refractivity contribution in [2.24, 2.45) is 0 Å². The first-order valence-electron chi connectivity index (χ1n) is 5.10. The Labute approximate surface area is 93.2 Å². The first-order valence-corrected chi connectivity index (χ1v) is 5.10. The number of rotatable bonds is 3. The maximum atomic E-state index is 12.9. The summed E-state index contributed by atoms with van der Waals surface area (Å²) in [6, 6.07) is 6.40. The molecule has 2 aromatic rings. The lowest BCUT2D eigenvalue weighted by Crippen LogP contribution is -2.00. The van der Waals surface area contributed by atoms with Crippen molar-refractivity contribution in [2.45, 2.75) is 19.6 Å². The largest absolute Gasteiger partial charge is 0.389 e. The van der Waals surface area contributed by atoms with E-state index < -0.39 is 6.10 Å². The number of nitrogens with zero attached hydrogens (tertiary/aromatic N) is 2. The van der Waals surface area contributed by atoms with Gasteiger partial charge in [0.15, 0.2) is 0 Å². The summed E-state index contributed by atoms with van der Waals surface area (Å²) in [6.07, 6.45) is 2.85. The van der Waals surface area contributed by atoms with Crippen LogP contribution in [-0.2, 0) is 6.54 Å². The van der Waals surface area contributed by atoms with Crippen molar-refractivity contribution in [1.82, 2.24) is 9.78 Å². The van der Waals surface area contributed by atoms with Crippen LogP contribution >= 0.6 is 0 Å². The second-order valence-corrected chi connectivity index (χ2v) is 3.78. The Hall–Kier alpha value is -1.68. The van der Waals surface area contributed by atoms with E-state index in [-0.39, 0.29) is 5.82 Å². The number of halogens is 1. The number of hydrogen-bond acceptors (Lipinski definition) is 2. The Morgan fingerprint density at radius 2 is 2.31 bits per heavy atom. The van der Waals surface area contributed by atoms with Crippen molar-refractivity contribution in [3.8, 4) is 0 Å². The third-order valence-electron chi connectivity index (χ3n) is 2.37. The molecule has 16 heavy (non-hydrogen) atoms.